The second-order valence-electron chi connectivity index (χ2n) is 2.74. The van der Waals surface area contributed by atoms with Crippen molar-refractivity contribution < 1.29 is 19.7 Å². The highest BCUT2D eigenvalue weighted by Gasteiger charge is 2.17. The molecule has 17 heavy (non-hydrogen) atoms. The number of nitro groups is 1. The van der Waals surface area contributed by atoms with E-state index < -0.39 is 10.0 Å². The van der Waals surface area contributed by atoms with Gasteiger partial charge in [-0.05, 0) is 6.07 Å². The number of nitrogens with zero attached hydrogens (tertiary/aromatic N) is 3. The number of rotatable bonds is 5. The third-order valence-corrected chi connectivity index (χ3v) is 1.77. The molecule has 0 heterocycles. The Morgan fingerprint density at radius 2 is 2.00 bits per heavy atom. The molecule has 0 amide bonds. The van der Waals surface area contributed by atoms with Gasteiger partial charge in [0.25, 0.3) is 0 Å². The lowest BCUT2D eigenvalue weighted by Crippen LogP contribution is -2.33. The van der Waals surface area contributed by atoms with Crippen LogP contribution in [0.15, 0.2) is 18.2 Å². The second-order valence-corrected chi connectivity index (χ2v) is 2.74. The number of nitrogens with two attached hydrogens (primary N) is 1. The van der Waals surface area contributed by atoms with Gasteiger partial charge < -0.3 is 4.74 Å². The van der Waals surface area contributed by atoms with Crippen molar-refractivity contribution in [3.8, 4) is 5.75 Å². The number of anilines is 1. The van der Waals surface area contributed by atoms with Crippen LogP contribution in [0.5, 0.6) is 5.75 Å². The Kier molecular flexibility index (Phi) is 3.62. The molecule has 0 aliphatic heterocycles. The van der Waals surface area contributed by atoms with Crippen LogP contribution >= 0.6 is 0 Å². The molecule has 10 nitrogen and oxygen atoms in total. The molecular formula is C7H8N4O6. The van der Waals surface area contributed by atoms with Crippen LogP contribution in [0.3, 0.4) is 0 Å². The molecule has 0 saturated heterocycles. The first-order valence-corrected chi connectivity index (χ1v) is 4.15. The van der Waals surface area contributed by atoms with Gasteiger partial charge in [0.05, 0.1) is 17.7 Å². The van der Waals surface area contributed by atoms with Crippen molar-refractivity contribution in [1.82, 2.24) is 0 Å². The highest BCUT2D eigenvalue weighted by atomic mass is 17.0. The fraction of sp³-hybridized carbons (Fsp3) is 0.143. The number of benzene rings is 1. The average molecular weight is 244 g/mol. The lowest BCUT2D eigenvalue weighted by molar-refractivity contribution is -0.762. The first-order valence-electron chi connectivity index (χ1n) is 4.15. The van der Waals surface area contributed by atoms with Crippen molar-refractivity contribution in [2.75, 3.05) is 12.3 Å². The minimum atomic E-state index is -1.12. The molecule has 0 radical (unpaired) electrons. The topological polar surface area (TPSA) is 134 Å². The molecule has 0 spiro atoms. The molecule has 1 aromatic carbocycles. The van der Waals surface area contributed by atoms with E-state index in [2.05, 4.69) is 4.94 Å². The summed E-state index contributed by atoms with van der Waals surface area (Å²) >= 11 is 0. The third kappa shape index (κ3) is 2.92. The Morgan fingerprint density at radius 3 is 2.47 bits per heavy atom. The van der Waals surface area contributed by atoms with Gasteiger partial charge in [-0.1, -0.05) is 0 Å². The number of ether oxygens (including phenoxy) is 1. The monoisotopic (exact) mass is 244 g/mol. The van der Waals surface area contributed by atoms with E-state index >= 15 is 0 Å². The molecule has 0 bridgehead atoms. The third-order valence-electron chi connectivity index (χ3n) is 1.77. The maximum Gasteiger partial charge on any atom is 0.318 e. The summed E-state index contributed by atoms with van der Waals surface area (Å²) < 4.78 is 4.75. The Labute approximate surface area is 94.3 Å². The lowest BCUT2D eigenvalue weighted by atomic mass is 10.2. The number of methoxy groups -OCH3 is 1. The molecule has 2 N–H and O–H groups in total. The number of nitro benzene ring substituents is 1. The van der Waals surface area contributed by atoms with Crippen LogP contribution in [0.25, 0.3) is 0 Å². The van der Waals surface area contributed by atoms with Crippen molar-refractivity contribution in [3.05, 3.63) is 38.4 Å². The first-order chi connectivity index (χ1) is 7.95. The van der Waals surface area contributed by atoms with Gasteiger partial charge in [-0.15, -0.1) is 15.3 Å². The normalized spacial score (nSPS) is 9.53. The van der Waals surface area contributed by atoms with E-state index in [1.807, 2.05) is 0 Å². The Morgan fingerprint density at radius 1 is 1.35 bits per heavy atom. The lowest BCUT2D eigenvalue weighted by Gasteiger charge is -2.14. The van der Waals surface area contributed by atoms with Crippen LogP contribution in [0.1, 0.15) is 0 Å². The van der Waals surface area contributed by atoms with E-state index in [0.29, 0.717) is 5.17 Å². The molecule has 0 saturated carbocycles. The van der Waals surface area contributed by atoms with Gasteiger partial charge in [0.15, 0.2) is 5.75 Å². The highest BCUT2D eigenvalue weighted by molar-refractivity contribution is 5.57. The van der Waals surface area contributed by atoms with Crippen molar-refractivity contribution in [2.24, 2.45) is 5.84 Å². The van der Waals surface area contributed by atoms with Gasteiger partial charge in [-0.2, -0.15) is 4.94 Å². The van der Waals surface area contributed by atoms with E-state index in [1.54, 1.807) is 0 Å². The zero-order valence-corrected chi connectivity index (χ0v) is 8.60. The first kappa shape index (κ1) is 12.4. The van der Waals surface area contributed by atoms with Crippen LogP contribution in [-0.2, 0) is 4.94 Å². The Balaban J connectivity index is 3.04. The van der Waals surface area contributed by atoms with E-state index in [-0.39, 0.29) is 17.1 Å². The molecule has 0 aromatic heterocycles. The van der Waals surface area contributed by atoms with E-state index in [0.717, 1.165) is 12.1 Å². The van der Waals surface area contributed by atoms with Gasteiger partial charge >= 0.3 is 10.8 Å². The molecule has 1 rings (SSSR count). The highest BCUT2D eigenvalue weighted by Crippen LogP contribution is 2.30. The standard InChI is InChI=1S/C7H8N4O6/c1-16-7-4-5(9(8)17-11(14)15)2-3-6(7)10(12)13/h2-4H,8H2,1H3. The van der Waals surface area contributed by atoms with Gasteiger partial charge in [0, 0.05) is 12.1 Å². The average Bonchev–Trinajstić information content (AvgIpc) is 2.27. The van der Waals surface area contributed by atoms with Crippen molar-refractivity contribution in [1.29, 1.82) is 0 Å². The molecule has 0 atom stereocenters. The largest absolute Gasteiger partial charge is 0.490 e. The maximum atomic E-state index is 10.6. The summed E-state index contributed by atoms with van der Waals surface area (Å²) in [4.78, 5) is 23.9. The molecule has 1 aromatic rings. The summed E-state index contributed by atoms with van der Waals surface area (Å²) in [5.41, 5.74) is -0.255. The fourth-order valence-corrected chi connectivity index (χ4v) is 1.07. The van der Waals surface area contributed by atoms with E-state index in [4.69, 9.17) is 10.6 Å². The van der Waals surface area contributed by atoms with Crippen LogP contribution in [0, 0.1) is 20.2 Å². The van der Waals surface area contributed by atoms with Crippen LogP contribution < -0.4 is 15.8 Å². The Hall–Kier alpha value is -2.62. The molecule has 0 unspecified atom stereocenters. The van der Waals surface area contributed by atoms with Crippen molar-refractivity contribution in [2.45, 2.75) is 0 Å². The number of hydrogen-bond donors (Lipinski definition) is 1. The quantitative estimate of drug-likeness (QED) is 0.447. The summed E-state index contributed by atoms with van der Waals surface area (Å²) in [6.07, 6.45) is 0. The second kappa shape index (κ2) is 4.94. The van der Waals surface area contributed by atoms with Crippen LogP contribution in [-0.4, -0.2) is 17.1 Å². The van der Waals surface area contributed by atoms with Gasteiger partial charge in [-0.25, -0.2) is 5.84 Å². The summed E-state index contributed by atoms with van der Waals surface area (Å²) in [5, 5.41) is 19.9. The molecular weight excluding hydrogens is 236 g/mol. The summed E-state index contributed by atoms with van der Waals surface area (Å²) in [6, 6.07) is 3.42. The Bertz CT molecular complexity index is 450. The zero-order chi connectivity index (χ0) is 13.0. The molecule has 92 valence electrons. The minimum absolute atomic E-state index is 0.0316. The van der Waals surface area contributed by atoms with Gasteiger partial charge in [0.1, 0.15) is 0 Å². The number of hydrogen-bond acceptors (Lipinski definition) is 8. The summed E-state index contributed by atoms with van der Waals surface area (Å²) in [7, 11) is 1.22. The fourth-order valence-electron chi connectivity index (χ4n) is 1.07. The SMILES string of the molecule is COc1cc(N(N)O[N+](=O)[O-])ccc1[N+](=O)[O-]. The van der Waals surface area contributed by atoms with Gasteiger partial charge in [-0.3, -0.25) is 10.1 Å². The molecule has 0 aliphatic carbocycles. The van der Waals surface area contributed by atoms with E-state index in [1.165, 1.54) is 13.2 Å². The van der Waals surface area contributed by atoms with Gasteiger partial charge in [0.2, 0.25) is 0 Å². The predicted octanol–water partition coefficient (Wildman–Crippen LogP) is 0.407. The molecule has 10 heteroatoms. The molecule has 0 fully saturated rings. The molecule has 0 aliphatic rings. The van der Waals surface area contributed by atoms with Crippen LogP contribution in [0.4, 0.5) is 11.4 Å². The van der Waals surface area contributed by atoms with Crippen molar-refractivity contribution in [3.63, 3.8) is 0 Å². The maximum absolute atomic E-state index is 10.6. The van der Waals surface area contributed by atoms with E-state index in [9.17, 15) is 20.2 Å². The number of hydrazine groups is 1. The zero-order valence-electron chi connectivity index (χ0n) is 8.60. The van der Waals surface area contributed by atoms with Crippen molar-refractivity contribution >= 4 is 11.4 Å². The smallest absolute Gasteiger partial charge is 0.318 e. The minimum Gasteiger partial charge on any atom is -0.490 e. The van der Waals surface area contributed by atoms with Crippen LogP contribution in [0.2, 0.25) is 0 Å². The summed E-state index contributed by atoms with van der Waals surface area (Å²) in [5.74, 6) is 5.10. The summed E-state index contributed by atoms with van der Waals surface area (Å²) in [6.45, 7) is 0. The predicted molar refractivity (Wildman–Crippen MR) is 54.4 cm³/mol.